The van der Waals surface area contributed by atoms with Gasteiger partial charge in [0.25, 0.3) is 0 Å². The smallest absolute Gasteiger partial charge is 0.0385 e. The molecule has 0 spiro atoms. The van der Waals surface area contributed by atoms with Crippen LogP contribution < -0.4 is 0 Å². The van der Waals surface area contributed by atoms with Crippen molar-refractivity contribution in [2.45, 2.75) is 4.90 Å². The third-order valence-corrected chi connectivity index (χ3v) is 3.52. The average molecular weight is 224 g/mol. The molecule has 2 rings (SSSR count). The summed E-state index contributed by atoms with van der Waals surface area (Å²) < 4.78 is 0. The largest absolute Gasteiger partial charge is 0.120 e. The zero-order valence-corrected chi connectivity index (χ0v) is 9.81. The van der Waals surface area contributed by atoms with Gasteiger partial charge >= 0.3 is 0 Å². The Hall–Kier alpha value is -1.65. The summed E-state index contributed by atoms with van der Waals surface area (Å²) >= 11 is 1.80. The van der Waals surface area contributed by atoms with Crippen molar-refractivity contribution < 1.29 is 0 Å². The minimum absolute atomic E-state index is 0.899. The molecule has 1 aromatic carbocycles. The number of allylic oxidation sites excluding steroid dienone is 3. The maximum absolute atomic E-state index is 3.82. The number of hydrogen-bond donors (Lipinski definition) is 0. The molecule has 0 radical (unpaired) electrons. The maximum atomic E-state index is 3.82. The van der Waals surface area contributed by atoms with Gasteiger partial charge in [-0.1, -0.05) is 49.3 Å². The van der Waals surface area contributed by atoms with Gasteiger partial charge in [-0.25, -0.2) is 0 Å². The Kier molecular flexibility index (Phi) is 3.34. The van der Waals surface area contributed by atoms with Gasteiger partial charge in [0.1, 0.15) is 0 Å². The van der Waals surface area contributed by atoms with Crippen molar-refractivity contribution >= 4 is 11.8 Å². The molecule has 0 saturated heterocycles. The van der Waals surface area contributed by atoms with E-state index < -0.39 is 0 Å². The van der Waals surface area contributed by atoms with Gasteiger partial charge in [-0.2, -0.15) is 0 Å². The van der Waals surface area contributed by atoms with Crippen LogP contribution in [0.15, 0.2) is 65.6 Å². The third kappa shape index (κ3) is 2.13. The fourth-order valence-corrected chi connectivity index (χ4v) is 2.53. The minimum Gasteiger partial charge on any atom is -0.120 e. The summed E-state index contributed by atoms with van der Waals surface area (Å²) in [6.07, 6.45) is 3.67. The van der Waals surface area contributed by atoms with Crippen LogP contribution in [0.25, 0.3) is 0 Å². The van der Waals surface area contributed by atoms with Crippen LogP contribution in [0.5, 0.6) is 0 Å². The van der Waals surface area contributed by atoms with Gasteiger partial charge in [0, 0.05) is 21.8 Å². The molecule has 0 saturated carbocycles. The van der Waals surface area contributed by atoms with Crippen LogP contribution in [0.4, 0.5) is 0 Å². The molecule has 1 aromatic rings. The molecule has 1 heteroatoms. The lowest BCUT2D eigenvalue weighted by atomic mass is 10.1. The standard InChI is InChI=1S/C15H12S/c1-3-12-9-10-14-7-5-6-8-15(14)16-11-13(12)4-2/h3-8H,1-2,11H2/b13-12-. The normalized spacial score (nSPS) is 18.5. The van der Waals surface area contributed by atoms with E-state index in [1.807, 2.05) is 18.2 Å². The topological polar surface area (TPSA) is 0 Å². The van der Waals surface area contributed by atoms with Crippen LogP contribution >= 0.6 is 11.8 Å². The molecule has 0 aliphatic carbocycles. The minimum atomic E-state index is 0.899. The van der Waals surface area contributed by atoms with Crippen molar-refractivity contribution in [3.63, 3.8) is 0 Å². The van der Waals surface area contributed by atoms with E-state index in [2.05, 4.69) is 37.1 Å². The molecule has 0 atom stereocenters. The summed E-state index contributed by atoms with van der Waals surface area (Å²) in [6, 6.07) is 8.21. The van der Waals surface area contributed by atoms with Gasteiger partial charge in [0.05, 0.1) is 0 Å². The molecular formula is C15H12S. The molecule has 0 nitrogen and oxygen atoms in total. The van der Waals surface area contributed by atoms with Crippen LogP contribution in [0.3, 0.4) is 0 Å². The van der Waals surface area contributed by atoms with E-state index >= 15 is 0 Å². The summed E-state index contributed by atoms with van der Waals surface area (Å²) in [5, 5.41) is 0. The summed E-state index contributed by atoms with van der Waals surface area (Å²) in [5.41, 5.74) is 3.23. The van der Waals surface area contributed by atoms with Gasteiger partial charge in [-0.15, -0.1) is 11.8 Å². The number of hydrogen-bond acceptors (Lipinski definition) is 1. The molecule has 1 aliphatic rings. The van der Waals surface area contributed by atoms with Gasteiger partial charge in [-0.3, -0.25) is 0 Å². The van der Waals surface area contributed by atoms with E-state index in [0.29, 0.717) is 0 Å². The highest BCUT2D eigenvalue weighted by molar-refractivity contribution is 7.99. The Morgan fingerprint density at radius 1 is 1.12 bits per heavy atom. The van der Waals surface area contributed by atoms with Crippen molar-refractivity contribution in [3.05, 3.63) is 66.3 Å². The Morgan fingerprint density at radius 2 is 1.94 bits per heavy atom. The zero-order chi connectivity index (χ0) is 11.4. The Balaban J connectivity index is 2.52. The van der Waals surface area contributed by atoms with Gasteiger partial charge in [0.2, 0.25) is 0 Å². The molecule has 16 heavy (non-hydrogen) atoms. The Morgan fingerprint density at radius 3 is 2.69 bits per heavy atom. The van der Waals surface area contributed by atoms with Crippen LogP contribution in [0.1, 0.15) is 5.56 Å². The van der Waals surface area contributed by atoms with Crippen LogP contribution in [-0.4, -0.2) is 5.75 Å². The number of thioether (sulfide) groups is 1. The summed E-state index contributed by atoms with van der Waals surface area (Å²) in [5.74, 6) is 7.24. The lowest BCUT2D eigenvalue weighted by Crippen LogP contribution is -1.93. The number of fused-ring (bicyclic) bond motifs is 1. The predicted molar refractivity (Wildman–Crippen MR) is 71.5 cm³/mol. The van der Waals surface area contributed by atoms with Gasteiger partial charge in [0.15, 0.2) is 0 Å². The Labute approximate surface area is 101 Å². The first-order valence-electron chi connectivity index (χ1n) is 5.07. The second kappa shape index (κ2) is 4.92. The van der Waals surface area contributed by atoms with Crippen molar-refractivity contribution in [1.29, 1.82) is 0 Å². The molecule has 0 N–H and O–H groups in total. The van der Waals surface area contributed by atoms with Gasteiger partial charge in [-0.05, 0) is 17.7 Å². The fraction of sp³-hybridized carbons (Fsp3) is 0.0667. The maximum Gasteiger partial charge on any atom is 0.0385 e. The molecule has 0 unspecified atom stereocenters. The van der Waals surface area contributed by atoms with E-state index in [9.17, 15) is 0 Å². The van der Waals surface area contributed by atoms with E-state index in [4.69, 9.17) is 0 Å². The lowest BCUT2D eigenvalue weighted by molar-refractivity contribution is 1.38. The highest BCUT2D eigenvalue weighted by Gasteiger charge is 2.06. The van der Waals surface area contributed by atoms with Crippen molar-refractivity contribution in [2.75, 3.05) is 5.75 Å². The second-order valence-corrected chi connectivity index (χ2v) is 4.40. The SMILES string of the molecule is C=C/C1=C(\C=C)CSc2ccccc2C#C1. The molecule has 0 aromatic heterocycles. The lowest BCUT2D eigenvalue weighted by Gasteiger charge is -2.09. The molecule has 0 bridgehead atoms. The van der Waals surface area contributed by atoms with Crippen molar-refractivity contribution in [3.8, 4) is 11.8 Å². The monoisotopic (exact) mass is 224 g/mol. The highest BCUT2D eigenvalue weighted by atomic mass is 32.2. The fourth-order valence-electron chi connectivity index (χ4n) is 1.49. The van der Waals surface area contributed by atoms with Crippen LogP contribution in [0.2, 0.25) is 0 Å². The van der Waals surface area contributed by atoms with Crippen molar-refractivity contribution in [1.82, 2.24) is 0 Å². The number of benzene rings is 1. The summed E-state index contributed by atoms with van der Waals surface area (Å²) in [4.78, 5) is 1.23. The van der Waals surface area contributed by atoms with E-state index in [1.165, 1.54) is 4.90 Å². The predicted octanol–water partition coefficient (Wildman–Crippen LogP) is 3.81. The molecular weight excluding hydrogens is 212 g/mol. The first-order valence-corrected chi connectivity index (χ1v) is 6.05. The molecule has 1 aliphatic heterocycles. The first kappa shape index (κ1) is 10.9. The Bertz CT molecular complexity index is 524. The van der Waals surface area contributed by atoms with Gasteiger partial charge < -0.3 is 0 Å². The zero-order valence-electron chi connectivity index (χ0n) is 8.99. The molecule has 0 amide bonds. The van der Waals surface area contributed by atoms with E-state index in [-0.39, 0.29) is 0 Å². The molecule has 1 heterocycles. The van der Waals surface area contributed by atoms with Crippen molar-refractivity contribution in [2.24, 2.45) is 0 Å². The number of rotatable bonds is 2. The highest BCUT2D eigenvalue weighted by Crippen LogP contribution is 2.27. The molecule has 0 fully saturated rings. The van der Waals surface area contributed by atoms with Crippen LogP contribution in [0, 0.1) is 11.8 Å². The first-order chi connectivity index (χ1) is 7.85. The van der Waals surface area contributed by atoms with E-state index in [1.54, 1.807) is 17.8 Å². The van der Waals surface area contributed by atoms with E-state index in [0.717, 1.165) is 22.5 Å². The molecule has 78 valence electrons. The average Bonchev–Trinajstić information content (AvgIpc) is 2.31. The second-order valence-electron chi connectivity index (χ2n) is 3.38. The summed E-state index contributed by atoms with van der Waals surface area (Å²) in [7, 11) is 0. The van der Waals surface area contributed by atoms with Crippen LogP contribution in [-0.2, 0) is 0 Å². The quantitative estimate of drug-likeness (QED) is 0.688. The third-order valence-electron chi connectivity index (χ3n) is 2.40. The summed E-state index contributed by atoms with van der Waals surface area (Å²) in [6.45, 7) is 7.62.